The van der Waals surface area contributed by atoms with Gasteiger partial charge in [-0.2, -0.15) is 5.10 Å². The summed E-state index contributed by atoms with van der Waals surface area (Å²) in [7, 11) is 0. The van der Waals surface area contributed by atoms with E-state index in [-0.39, 0.29) is 0 Å². The molecule has 1 heterocycles. The molecule has 1 aliphatic rings. The highest BCUT2D eigenvalue weighted by Gasteiger charge is 2.23. The first-order valence-corrected chi connectivity index (χ1v) is 8.98. The van der Waals surface area contributed by atoms with Crippen molar-refractivity contribution >= 4 is 0 Å². The second-order valence-corrected chi connectivity index (χ2v) is 6.90. The molecule has 0 aliphatic heterocycles. The van der Waals surface area contributed by atoms with Gasteiger partial charge in [-0.25, -0.2) is 0 Å². The monoisotopic (exact) mass is 291 g/mol. The molecule has 1 aliphatic carbocycles. The van der Waals surface area contributed by atoms with E-state index < -0.39 is 0 Å². The predicted molar refractivity (Wildman–Crippen MR) is 89.6 cm³/mol. The first kappa shape index (κ1) is 16.5. The lowest BCUT2D eigenvalue weighted by Crippen LogP contribution is -2.38. The molecule has 0 aromatic carbocycles. The molecule has 21 heavy (non-hydrogen) atoms. The Kier molecular flexibility index (Phi) is 6.75. The van der Waals surface area contributed by atoms with E-state index in [4.69, 9.17) is 5.10 Å². The van der Waals surface area contributed by atoms with Gasteiger partial charge in [0.05, 0.1) is 5.69 Å². The Labute approximate surface area is 130 Å². The van der Waals surface area contributed by atoms with E-state index >= 15 is 0 Å². The van der Waals surface area contributed by atoms with Gasteiger partial charge >= 0.3 is 0 Å². The molecule has 0 spiro atoms. The molecule has 1 aromatic heterocycles. The summed E-state index contributed by atoms with van der Waals surface area (Å²) >= 11 is 0. The van der Waals surface area contributed by atoms with Crippen LogP contribution in [0.1, 0.15) is 77.5 Å². The summed E-state index contributed by atoms with van der Waals surface area (Å²) in [5, 5.41) is 8.56. The lowest BCUT2D eigenvalue weighted by atomic mass is 9.89. The smallest absolute Gasteiger partial charge is 0.0640 e. The molecule has 2 rings (SSSR count). The Hall–Kier alpha value is -0.830. The van der Waals surface area contributed by atoms with Crippen molar-refractivity contribution in [3.8, 4) is 0 Å². The molecule has 0 radical (unpaired) electrons. The molecule has 1 N–H and O–H groups in total. The zero-order valence-corrected chi connectivity index (χ0v) is 14.1. The topological polar surface area (TPSA) is 29.9 Å². The van der Waals surface area contributed by atoms with Crippen LogP contribution in [-0.4, -0.2) is 22.4 Å². The van der Waals surface area contributed by atoms with Crippen molar-refractivity contribution in [2.24, 2.45) is 5.92 Å². The van der Waals surface area contributed by atoms with Crippen molar-refractivity contribution in [3.05, 3.63) is 18.0 Å². The fourth-order valence-electron chi connectivity index (χ4n) is 3.45. The lowest BCUT2D eigenvalue weighted by molar-refractivity contribution is 0.315. The van der Waals surface area contributed by atoms with Crippen LogP contribution in [0.15, 0.2) is 12.3 Å². The van der Waals surface area contributed by atoms with Gasteiger partial charge in [-0.15, -0.1) is 0 Å². The summed E-state index contributed by atoms with van der Waals surface area (Å²) in [6.07, 6.45) is 12.9. The van der Waals surface area contributed by atoms with E-state index in [0.29, 0.717) is 12.1 Å². The average Bonchev–Trinajstić information content (AvgIpc) is 2.77. The molecule has 0 saturated heterocycles. The molecule has 1 aromatic rings. The van der Waals surface area contributed by atoms with Gasteiger partial charge in [-0.05, 0) is 51.6 Å². The molecule has 3 nitrogen and oxygen atoms in total. The molecular formula is C18H33N3. The second kappa shape index (κ2) is 8.57. The maximum Gasteiger partial charge on any atom is 0.0640 e. The SMILES string of the molecule is CCCNC(Cc1ccn(C(C)C)n1)C1CCCCCC1. The summed E-state index contributed by atoms with van der Waals surface area (Å²) in [5.74, 6) is 0.836. The zero-order chi connectivity index (χ0) is 15.1. The maximum absolute atomic E-state index is 4.75. The molecule has 0 bridgehead atoms. The number of hydrogen-bond acceptors (Lipinski definition) is 2. The Morgan fingerprint density at radius 1 is 1.24 bits per heavy atom. The van der Waals surface area contributed by atoms with E-state index in [0.717, 1.165) is 18.9 Å². The normalized spacial score (nSPS) is 18.9. The number of nitrogens with one attached hydrogen (secondary N) is 1. The predicted octanol–water partition coefficient (Wildman–Crippen LogP) is 4.35. The van der Waals surface area contributed by atoms with Crippen molar-refractivity contribution in [1.29, 1.82) is 0 Å². The van der Waals surface area contributed by atoms with Crippen LogP contribution in [0.25, 0.3) is 0 Å². The van der Waals surface area contributed by atoms with Crippen molar-refractivity contribution in [3.63, 3.8) is 0 Å². The summed E-state index contributed by atoms with van der Waals surface area (Å²) in [6.45, 7) is 7.76. The molecule has 1 saturated carbocycles. The summed E-state index contributed by atoms with van der Waals surface area (Å²) < 4.78 is 2.08. The van der Waals surface area contributed by atoms with E-state index in [2.05, 4.69) is 43.0 Å². The van der Waals surface area contributed by atoms with Crippen LogP contribution in [0.2, 0.25) is 0 Å². The van der Waals surface area contributed by atoms with Crippen molar-refractivity contribution in [2.45, 2.75) is 84.2 Å². The van der Waals surface area contributed by atoms with Gasteiger partial charge in [0.1, 0.15) is 0 Å². The average molecular weight is 291 g/mol. The third-order valence-electron chi connectivity index (χ3n) is 4.75. The maximum atomic E-state index is 4.75. The van der Waals surface area contributed by atoms with E-state index in [1.54, 1.807) is 0 Å². The first-order chi connectivity index (χ1) is 10.2. The van der Waals surface area contributed by atoms with Gasteiger partial charge in [0.2, 0.25) is 0 Å². The van der Waals surface area contributed by atoms with Crippen LogP contribution in [-0.2, 0) is 6.42 Å². The highest BCUT2D eigenvalue weighted by Crippen LogP contribution is 2.27. The molecular weight excluding hydrogens is 258 g/mol. The number of nitrogens with zero attached hydrogens (tertiary/aromatic N) is 2. The minimum atomic E-state index is 0.457. The lowest BCUT2D eigenvalue weighted by Gasteiger charge is -2.27. The van der Waals surface area contributed by atoms with Crippen LogP contribution in [0.3, 0.4) is 0 Å². The van der Waals surface area contributed by atoms with Crippen LogP contribution >= 0.6 is 0 Å². The third kappa shape index (κ3) is 5.14. The molecule has 1 fully saturated rings. The minimum Gasteiger partial charge on any atom is -0.313 e. The molecule has 3 heteroatoms. The van der Waals surface area contributed by atoms with Gasteiger partial charge in [-0.1, -0.05) is 32.6 Å². The Morgan fingerprint density at radius 3 is 2.52 bits per heavy atom. The summed E-state index contributed by atoms with van der Waals surface area (Å²) in [4.78, 5) is 0. The Morgan fingerprint density at radius 2 is 1.95 bits per heavy atom. The van der Waals surface area contributed by atoms with E-state index in [1.165, 1.54) is 50.6 Å². The van der Waals surface area contributed by atoms with Crippen molar-refractivity contribution in [1.82, 2.24) is 15.1 Å². The van der Waals surface area contributed by atoms with Gasteiger partial charge in [0.15, 0.2) is 0 Å². The van der Waals surface area contributed by atoms with E-state index in [1.807, 2.05) is 0 Å². The standard InChI is InChI=1S/C18H33N3/c1-4-12-19-18(16-9-7-5-6-8-10-16)14-17-11-13-21(20-17)15(2)3/h11,13,15-16,18-19H,4-10,12,14H2,1-3H3. The fraction of sp³-hybridized carbons (Fsp3) is 0.833. The van der Waals surface area contributed by atoms with E-state index in [9.17, 15) is 0 Å². The number of hydrogen-bond donors (Lipinski definition) is 1. The van der Waals surface area contributed by atoms with Crippen molar-refractivity contribution in [2.75, 3.05) is 6.54 Å². The second-order valence-electron chi connectivity index (χ2n) is 6.90. The zero-order valence-electron chi connectivity index (χ0n) is 14.1. The Bertz CT molecular complexity index is 389. The minimum absolute atomic E-state index is 0.457. The fourth-order valence-corrected chi connectivity index (χ4v) is 3.45. The third-order valence-corrected chi connectivity index (χ3v) is 4.75. The van der Waals surface area contributed by atoms with Crippen LogP contribution in [0, 0.1) is 5.92 Å². The summed E-state index contributed by atoms with van der Waals surface area (Å²) in [6, 6.07) is 3.27. The van der Waals surface area contributed by atoms with Gasteiger partial charge < -0.3 is 5.32 Å². The first-order valence-electron chi connectivity index (χ1n) is 8.98. The highest BCUT2D eigenvalue weighted by molar-refractivity contribution is 5.03. The Balaban J connectivity index is 1.99. The van der Waals surface area contributed by atoms with Crippen LogP contribution in [0.5, 0.6) is 0 Å². The van der Waals surface area contributed by atoms with Crippen LogP contribution in [0.4, 0.5) is 0 Å². The van der Waals surface area contributed by atoms with Crippen LogP contribution < -0.4 is 5.32 Å². The number of rotatable bonds is 7. The van der Waals surface area contributed by atoms with Crippen molar-refractivity contribution < 1.29 is 0 Å². The van der Waals surface area contributed by atoms with Gasteiger partial charge in [-0.3, -0.25) is 4.68 Å². The molecule has 1 unspecified atom stereocenters. The largest absolute Gasteiger partial charge is 0.313 e. The highest BCUT2D eigenvalue weighted by atomic mass is 15.3. The molecule has 0 amide bonds. The molecule has 1 atom stereocenters. The molecule has 120 valence electrons. The number of aromatic nitrogens is 2. The van der Waals surface area contributed by atoms with Gasteiger partial charge in [0, 0.05) is 24.7 Å². The summed E-state index contributed by atoms with van der Waals surface area (Å²) in [5.41, 5.74) is 1.25. The quantitative estimate of drug-likeness (QED) is 0.757. The van der Waals surface area contributed by atoms with Gasteiger partial charge in [0.25, 0.3) is 0 Å².